The first-order valence-electron chi connectivity index (χ1n) is 9.18. The summed E-state index contributed by atoms with van der Waals surface area (Å²) < 4.78 is 16.3. The van der Waals surface area contributed by atoms with E-state index >= 15 is 0 Å². The van der Waals surface area contributed by atoms with Crippen molar-refractivity contribution < 1.29 is 4.39 Å². The van der Waals surface area contributed by atoms with Crippen molar-refractivity contribution in [1.82, 2.24) is 19.3 Å². The molecule has 0 aliphatic rings. The van der Waals surface area contributed by atoms with Crippen LogP contribution in [0, 0.1) is 19.7 Å². The average molecular weight is 389 g/mol. The zero-order valence-electron chi connectivity index (χ0n) is 16.1. The monoisotopic (exact) mass is 389 g/mol. The molecule has 0 atom stereocenters. The molecule has 0 bridgehead atoms. The third-order valence-electron chi connectivity index (χ3n) is 4.59. The van der Waals surface area contributed by atoms with Crippen LogP contribution in [0.3, 0.4) is 0 Å². The molecule has 146 valence electrons. The molecule has 2 aromatic heterocycles. The molecule has 2 heterocycles. The molecule has 0 fully saturated rings. The van der Waals surface area contributed by atoms with Crippen LogP contribution in [-0.4, -0.2) is 19.3 Å². The summed E-state index contributed by atoms with van der Waals surface area (Å²) >= 11 is 0. The number of nitrogens with zero attached hydrogens (tertiary/aromatic N) is 4. The van der Waals surface area contributed by atoms with E-state index < -0.39 is 0 Å². The van der Waals surface area contributed by atoms with E-state index in [9.17, 15) is 9.18 Å². The molecule has 0 aliphatic carbocycles. The van der Waals surface area contributed by atoms with Gasteiger partial charge in [-0.2, -0.15) is 5.10 Å². The van der Waals surface area contributed by atoms with Gasteiger partial charge in [0.05, 0.1) is 30.5 Å². The van der Waals surface area contributed by atoms with Gasteiger partial charge in [-0.1, -0.05) is 12.1 Å². The van der Waals surface area contributed by atoms with Crippen LogP contribution in [0.15, 0.2) is 72.0 Å². The maximum Gasteiger partial charge on any atom is 0.269 e. The second-order valence-corrected chi connectivity index (χ2v) is 6.92. The summed E-state index contributed by atoms with van der Waals surface area (Å²) in [6.45, 7) is 4.26. The third kappa shape index (κ3) is 4.24. The second-order valence-electron chi connectivity index (χ2n) is 6.92. The highest BCUT2D eigenvalue weighted by atomic mass is 19.1. The number of anilines is 2. The number of imidazole rings is 1. The molecular weight excluding hydrogens is 369 g/mol. The normalized spacial score (nSPS) is 10.9. The number of nitrogens with one attached hydrogen (secondary N) is 1. The van der Waals surface area contributed by atoms with Crippen LogP contribution in [0.4, 0.5) is 15.8 Å². The highest BCUT2D eigenvalue weighted by Crippen LogP contribution is 2.21. The van der Waals surface area contributed by atoms with E-state index in [4.69, 9.17) is 0 Å². The van der Waals surface area contributed by atoms with Gasteiger partial charge in [0.25, 0.3) is 5.56 Å². The van der Waals surface area contributed by atoms with Crippen molar-refractivity contribution in [3.05, 3.63) is 100 Å². The maximum absolute atomic E-state index is 13.0. The van der Waals surface area contributed by atoms with Crippen LogP contribution in [0.25, 0.3) is 5.69 Å². The van der Waals surface area contributed by atoms with Crippen LogP contribution in [0.5, 0.6) is 0 Å². The lowest BCUT2D eigenvalue weighted by Gasteiger charge is -2.12. The van der Waals surface area contributed by atoms with Crippen molar-refractivity contribution in [1.29, 1.82) is 0 Å². The molecule has 1 N–H and O–H groups in total. The lowest BCUT2D eigenvalue weighted by atomic mass is 10.1. The molecule has 0 aliphatic heterocycles. The number of rotatable bonds is 5. The Morgan fingerprint density at radius 2 is 1.83 bits per heavy atom. The zero-order chi connectivity index (χ0) is 20.4. The highest BCUT2D eigenvalue weighted by molar-refractivity contribution is 5.62. The average Bonchev–Trinajstić information content (AvgIpc) is 3.12. The van der Waals surface area contributed by atoms with E-state index in [1.165, 1.54) is 22.9 Å². The summed E-state index contributed by atoms with van der Waals surface area (Å²) in [4.78, 5) is 16.6. The zero-order valence-corrected chi connectivity index (χ0v) is 16.1. The fourth-order valence-corrected chi connectivity index (χ4v) is 3.13. The lowest BCUT2D eigenvalue weighted by molar-refractivity contribution is 0.619. The lowest BCUT2D eigenvalue weighted by Crippen LogP contribution is -2.22. The number of halogens is 1. The Kier molecular flexibility index (Phi) is 4.95. The summed E-state index contributed by atoms with van der Waals surface area (Å²) in [7, 11) is 0. The highest BCUT2D eigenvalue weighted by Gasteiger charge is 2.06. The summed E-state index contributed by atoms with van der Waals surface area (Å²) in [5.74, 6) is -0.307. The molecule has 0 saturated heterocycles. The minimum atomic E-state index is -0.307. The first-order valence-corrected chi connectivity index (χ1v) is 9.18. The Bertz CT molecular complexity index is 1210. The van der Waals surface area contributed by atoms with Gasteiger partial charge in [-0.05, 0) is 55.3 Å². The fourth-order valence-electron chi connectivity index (χ4n) is 3.13. The van der Waals surface area contributed by atoms with Crippen LogP contribution in [0.2, 0.25) is 0 Å². The van der Waals surface area contributed by atoms with E-state index in [1.54, 1.807) is 24.7 Å². The fraction of sp³-hybridized carbons (Fsp3) is 0.136. The number of aromatic nitrogens is 4. The van der Waals surface area contributed by atoms with E-state index in [0.29, 0.717) is 5.69 Å². The Hall–Kier alpha value is -3.74. The largest absolute Gasteiger partial charge is 0.354 e. The smallest absolute Gasteiger partial charge is 0.269 e. The van der Waals surface area contributed by atoms with Crippen LogP contribution < -0.4 is 10.9 Å². The van der Waals surface area contributed by atoms with Gasteiger partial charge in [0, 0.05) is 23.6 Å². The van der Waals surface area contributed by atoms with Crippen LogP contribution in [-0.2, 0) is 6.54 Å². The first-order chi connectivity index (χ1) is 14.0. The number of hydrogen-bond acceptors (Lipinski definition) is 4. The van der Waals surface area contributed by atoms with Gasteiger partial charge in [0.1, 0.15) is 5.82 Å². The van der Waals surface area contributed by atoms with Crippen molar-refractivity contribution in [2.45, 2.75) is 20.4 Å². The predicted octanol–water partition coefficient (Wildman–Crippen LogP) is 3.98. The van der Waals surface area contributed by atoms with Crippen molar-refractivity contribution in [3.63, 3.8) is 0 Å². The third-order valence-corrected chi connectivity index (χ3v) is 4.59. The second kappa shape index (κ2) is 7.71. The molecule has 29 heavy (non-hydrogen) atoms. The molecule has 4 aromatic rings. The van der Waals surface area contributed by atoms with E-state index in [2.05, 4.69) is 15.4 Å². The minimum absolute atomic E-state index is 0.235. The summed E-state index contributed by atoms with van der Waals surface area (Å²) in [6, 6.07) is 13.5. The molecule has 2 aromatic carbocycles. The predicted molar refractivity (Wildman–Crippen MR) is 110 cm³/mol. The van der Waals surface area contributed by atoms with E-state index in [1.807, 2.05) is 42.8 Å². The molecule has 0 saturated carbocycles. The topological polar surface area (TPSA) is 64.7 Å². The Morgan fingerprint density at radius 1 is 1.03 bits per heavy atom. The van der Waals surface area contributed by atoms with Crippen molar-refractivity contribution >= 4 is 11.4 Å². The number of hydrogen-bond donors (Lipinski definition) is 1. The van der Waals surface area contributed by atoms with Gasteiger partial charge in [0.2, 0.25) is 0 Å². The van der Waals surface area contributed by atoms with Crippen molar-refractivity contribution in [2.75, 3.05) is 5.32 Å². The molecule has 7 heteroatoms. The molecule has 0 amide bonds. The first kappa shape index (κ1) is 18.6. The van der Waals surface area contributed by atoms with Crippen molar-refractivity contribution in [3.8, 4) is 5.69 Å². The Balaban J connectivity index is 1.51. The van der Waals surface area contributed by atoms with Crippen molar-refractivity contribution in [2.24, 2.45) is 0 Å². The van der Waals surface area contributed by atoms with Gasteiger partial charge < -0.3 is 9.88 Å². The molecular formula is C22H20FN5O. The molecule has 0 radical (unpaired) electrons. The SMILES string of the molecule is Cc1cn(-c2ccc(Nc3cnn(Cc4ccc(F)cc4)c(=O)c3)cc2C)cn1. The Morgan fingerprint density at radius 3 is 2.48 bits per heavy atom. The minimum Gasteiger partial charge on any atom is -0.354 e. The number of aryl methyl sites for hydroxylation is 2. The quantitative estimate of drug-likeness (QED) is 0.561. The summed E-state index contributed by atoms with van der Waals surface area (Å²) in [6.07, 6.45) is 5.36. The van der Waals surface area contributed by atoms with Crippen LogP contribution in [0.1, 0.15) is 16.8 Å². The molecule has 0 unspecified atom stereocenters. The van der Waals surface area contributed by atoms with Crippen LogP contribution >= 0.6 is 0 Å². The van der Waals surface area contributed by atoms with Gasteiger partial charge in [0.15, 0.2) is 0 Å². The standard InChI is InChI=1S/C22H20FN5O/c1-15-9-19(7-8-21(15)27-12-16(2)24-14-27)26-20-10-22(29)28(25-11-20)13-17-3-5-18(23)6-4-17/h3-12,14,26H,13H2,1-2H3. The summed E-state index contributed by atoms with van der Waals surface area (Å²) in [5.41, 5.74) is 5.12. The maximum atomic E-state index is 13.0. The van der Waals surface area contributed by atoms with Gasteiger partial charge in [-0.25, -0.2) is 14.1 Å². The Labute approximate surface area is 167 Å². The molecule has 6 nitrogen and oxygen atoms in total. The molecule has 0 spiro atoms. The number of benzene rings is 2. The summed E-state index contributed by atoms with van der Waals surface area (Å²) in [5, 5.41) is 7.44. The van der Waals surface area contributed by atoms with Gasteiger partial charge >= 0.3 is 0 Å². The van der Waals surface area contributed by atoms with Gasteiger partial charge in [-0.3, -0.25) is 4.79 Å². The van der Waals surface area contributed by atoms with Gasteiger partial charge in [-0.15, -0.1) is 0 Å². The molecule has 4 rings (SSSR count). The van der Waals surface area contributed by atoms with E-state index in [-0.39, 0.29) is 17.9 Å². The van der Waals surface area contributed by atoms with E-state index in [0.717, 1.165) is 28.2 Å².